The van der Waals surface area contributed by atoms with Crippen LogP contribution < -0.4 is 10.6 Å². The number of hydrogen-bond donors (Lipinski definition) is 1. The highest BCUT2D eigenvalue weighted by Crippen LogP contribution is 2.24. The fourth-order valence-electron chi connectivity index (χ4n) is 2.79. The minimum Gasteiger partial charge on any atom is -0.372 e. The van der Waals surface area contributed by atoms with Gasteiger partial charge in [-0.3, -0.25) is 4.98 Å². The van der Waals surface area contributed by atoms with Crippen LogP contribution in [0.4, 0.5) is 5.69 Å². The Hall–Kier alpha value is -1.61. The summed E-state index contributed by atoms with van der Waals surface area (Å²) in [6.07, 6.45) is 4.84. The second kappa shape index (κ2) is 5.57. The number of pyridine rings is 1. The molecule has 0 bridgehead atoms. The molecule has 1 aliphatic heterocycles. The second-order valence-electron chi connectivity index (χ2n) is 5.27. The van der Waals surface area contributed by atoms with Gasteiger partial charge in [0.2, 0.25) is 0 Å². The van der Waals surface area contributed by atoms with Gasteiger partial charge in [0.05, 0.1) is 5.52 Å². The highest BCUT2D eigenvalue weighted by atomic mass is 15.1. The van der Waals surface area contributed by atoms with Crippen LogP contribution in [0.25, 0.3) is 10.9 Å². The van der Waals surface area contributed by atoms with Gasteiger partial charge in [0, 0.05) is 36.3 Å². The summed E-state index contributed by atoms with van der Waals surface area (Å²) in [6, 6.07) is 10.9. The third-order valence-electron chi connectivity index (χ3n) is 3.85. The zero-order valence-electron chi connectivity index (χ0n) is 11.3. The quantitative estimate of drug-likeness (QED) is 0.917. The van der Waals surface area contributed by atoms with Crippen molar-refractivity contribution in [1.82, 2.24) is 4.98 Å². The molecule has 0 amide bonds. The normalized spacial score (nSPS) is 15.9. The number of nitrogens with two attached hydrogens (primary N) is 1. The van der Waals surface area contributed by atoms with E-state index in [1.807, 2.05) is 0 Å². The molecular formula is C16H21N3. The van der Waals surface area contributed by atoms with Crippen LogP contribution >= 0.6 is 0 Å². The number of anilines is 1. The van der Waals surface area contributed by atoms with Gasteiger partial charge in [-0.05, 0) is 50.1 Å². The van der Waals surface area contributed by atoms with Crippen LogP contribution in [0.3, 0.4) is 0 Å². The molecule has 3 rings (SSSR count). The summed E-state index contributed by atoms with van der Waals surface area (Å²) in [6.45, 7) is 3.03. The van der Waals surface area contributed by atoms with Crippen molar-refractivity contribution in [1.29, 1.82) is 0 Å². The lowest BCUT2D eigenvalue weighted by Gasteiger charge is -2.29. The minimum absolute atomic E-state index is 0.657. The van der Waals surface area contributed by atoms with Gasteiger partial charge >= 0.3 is 0 Å². The van der Waals surface area contributed by atoms with Gasteiger partial charge < -0.3 is 10.6 Å². The van der Waals surface area contributed by atoms with Crippen molar-refractivity contribution in [3.8, 4) is 0 Å². The average Bonchev–Trinajstić information content (AvgIpc) is 2.48. The summed E-state index contributed by atoms with van der Waals surface area (Å²) >= 11 is 0. The van der Waals surface area contributed by atoms with E-state index < -0.39 is 0 Å². The second-order valence-corrected chi connectivity index (χ2v) is 5.27. The Balaban J connectivity index is 1.90. The van der Waals surface area contributed by atoms with Crippen molar-refractivity contribution in [2.75, 3.05) is 24.5 Å². The van der Waals surface area contributed by atoms with Crippen molar-refractivity contribution in [2.24, 2.45) is 5.73 Å². The monoisotopic (exact) mass is 255 g/mol. The SMILES string of the molecule is NCCc1ccc2cc(N3CCCCC3)ccc2n1. The van der Waals surface area contributed by atoms with Gasteiger partial charge in [-0.25, -0.2) is 0 Å². The summed E-state index contributed by atoms with van der Waals surface area (Å²) in [5.41, 5.74) is 9.07. The van der Waals surface area contributed by atoms with E-state index in [0.717, 1.165) is 17.6 Å². The molecule has 1 saturated heterocycles. The highest BCUT2D eigenvalue weighted by Gasteiger charge is 2.11. The fraction of sp³-hybridized carbons (Fsp3) is 0.438. The number of nitrogens with zero attached hydrogens (tertiary/aromatic N) is 2. The molecule has 1 aliphatic rings. The first-order valence-corrected chi connectivity index (χ1v) is 7.21. The lowest BCUT2D eigenvalue weighted by molar-refractivity contribution is 0.578. The molecular weight excluding hydrogens is 234 g/mol. The molecule has 1 fully saturated rings. The lowest BCUT2D eigenvalue weighted by atomic mass is 10.1. The molecule has 3 nitrogen and oxygen atoms in total. The van der Waals surface area contributed by atoms with Crippen LogP contribution in [0.15, 0.2) is 30.3 Å². The summed E-state index contributed by atoms with van der Waals surface area (Å²) in [5.74, 6) is 0. The van der Waals surface area contributed by atoms with E-state index in [2.05, 4.69) is 40.2 Å². The Labute approximate surface area is 114 Å². The Kier molecular flexibility index (Phi) is 3.65. The molecule has 2 N–H and O–H groups in total. The molecule has 3 heteroatoms. The molecule has 0 atom stereocenters. The molecule has 0 spiro atoms. The molecule has 1 aromatic carbocycles. The maximum atomic E-state index is 5.58. The molecule has 0 radical (unpaired) electrons. The van der Waals surface area contributed by atoms with Crippen molar-refractivity contribution in [3.05, 3.63) is 36.0 Å². The van der Waals surface area contributed by atoms with Gasteiger partial charge in [-0.15, -0.1) is 0 Å². The van der Waals surface area contributed by atoms with Gasteiger partial charge in [-0.2, -0.15) is 0 Å². The fourth-order valence-corrected chi connectivity index (χ4v) is 2.79. The first-order chi connectivity index (χ1) is 9.36. The van der Waals surface area contributed by atoms with E-state index in [9.17, 15) is 0 Å². The summed E-state index contributed by atoms with van der Waals surface area (Å²) in [7, 11) is 0. The van der Waals surface area contributed by atoms with Crippen LogP contribution in [-0.2, 0) is 6.42 Å². The summed E-state index contributed by atoms with van der Waals surface area (Å²) in [4.78, 5) is 7.14. The Morgan fingerprint density at radius 2 is 1.89 bits per heavy atom. The van der Waals surface area contributed by atoms with Crippen LogP contribution in [0.1, 0.15) is 25.0 Å². The van der Waals surface area contributed by atoms with Gasteiger partial charge in [0.1, 0.15) is 0 Å². The lowest BCUT2D eigenvalue weighted by Crippen LogP contribution is -2.29. The van der Waals surface area contributed by atoms with Crippen LogP contribution in [0.5, 0.6) is 0 Å². The topological polar surface area (TPSA) is 42.1 Å². The summed E-state index contributed by atoms with van der Waals surface area (Å²) < 4.78 is 0. The zero-order valence-corrected chi connectivity index (χ0v) is 11.3. The zero-order chi connectivity index (χ0) is 13.1. The maximum Gasteiger partial charge on any atom is 0.0706 e. The van der Waals surface area contributed by atoms with E-state index in [4.69, 9.17) is 5.73 Å². The average molecular weight is 255 g/mol. The van der Waals surface area contributed by atoms with Crippen LogP contribution in [0.2, 0.25) is 0 Å². The minimum atomic E-state index is 0.657. The van der Waals surface area contributed by atoms with E-state index >= 15 is 0 Å². The van der Waals surface area contributed by atoms with Gasteiger partial charge in [0.25, 0.3) is 0 Å². The van der Waals surface area contributed by atoms with E-state index in [-0.39, 0.29) is 0 Å². The first kappa shape index (κ1) is 12.4. The van der Waals surface area contributed by atoms with Crippen molar-refractivity contribution >= 4 is 16.6 Å². The van der Waals surface area contributed by atoms with E-state index in [0.29, 0.717) is 6.54 Å². The number of piperidine rings is 1. The molecule has 19 heavy (non-hydrogen) atoms. The van der Waals surface area contributed by atoms with Crippen molar-refractivity contribution in [2.45, 2.75) is 25.7 Å². The standard InChI is InChI=1S/C16H21N3/c17-9-8-14-5-4-13-12-15(6-7-16(13)18-14)19-10-2-1-3-11-19/h4-7,12H,1-3,8-11,17H2. The molecule has 100 valence electrons. The molecule has 0 saturated carbocycles. The molecule has 1 aromatic heterocycles. The van der Waals surface area contributed by atoms with E-state index in [1.54, 1.807) is 0 Å². The number of hydrogen-bond acceptors (Lipinski definition) is 3. The Morgan fingerprint density at radius 3 is 2.68 bits per heavy atom. The van der Waals surface area contributed by atoms with Crippen molar-refractivity contribution < 1.29 is 0 Å². The number of rotatable bonds is 3. The van der Waals surface area contributed by atoms with E-state index in [1.165, 1.54) is 43.4 Å². The number of benzene rings is 1. The summed E-state index contributed by atoms with van der Waals surface area (Å²) in [5, 5.41) is 1.23. The third kappa shape index (κ3) is 2.71. The maximum absolute atomic E-state index is 5.58. The van der Waals surface area contributed by atoms with Crippen molar-refractivity contribution in [3.63, 3.8) is 0 Å². The highest BCUT2D eigenvalue weighted by molar-refractivity contribution is 5.82. The third-order valence-corrected chi connectivity index (χ3v) is 3.85. The Morgan fingerprint density at radius 1 is 1.05 bits per heavy atom. The predicted octanol–water partition coefficient (Wildman–Crippen LogP) is 2.73. The Bertz CT molecular complexity index is 559. The predicted molar refractivity (Wildman–Crippen MR) is 80.6 cm³/mol. The molecule has 2 aromatic rings. The smallest absolute Gasteiger partial charge is 0.0706 e. The number of fused-ring (bicyclic) bond motifs is 1. The van der Waals surface area contributed by atoms with Gasteiger partial charge in [0.15, 0.2) is 0 Å². The van der Waals surface area contributed by atoms with Gasteiger partial charge in [-0.1, -0.05) is 6.07 Å². The first-order valence-electron chi connectivity index (χ1n) is 7.21. The largest absolute Gasteiger partial charge is 0.372 e. The molecule has 0 aliphatic carbocycles. The van der Waals surface area contributed by atoms with Crippen LogP contribution in [-0.4, -0.2) is 24.6 Å². The number of aromatic nitrogens is 1. The van der Waals surface area contributed by atoms with Crippen LogP contribution in [0, 0.1) is 0 Å². The molecule has 0 unspecified atom stereocenters. The molecule has 2 heterocycles.